The molecule has 2 aliphatic heterocycles. The third kappa shape index (κ3) is 2.84. The minimum Gasteiger partial charge on any atom is -0.371 e. The van der Waals surface area contributed by atoms with Gasteiger partial charge in [0.1, 0.15) is 0 Å². The van der Waals surface area contributed by atoms with Crippen molar-refractivity contribution in [1.29, 1.82) is 0 Å². The maximum Gasteiger partial charge on any atom is 0.225 e. The summed E-state index contributed by atoms with van der Waals surface area (Å²) in [6.07, 6.45) is 2.63. The summed E-state index contributed by atoms with van der Waals surface area (Å²) in [5.74, 6) is 0.582. The average Bonchev–Trinajstić information content (AvgIpc) is 3.21. The van der Waals surface area contributed by atoms with Gasteiger partial charge in [-0.3, -0.25) is 4.79 Å². The standard InChI is InChI=1S/C13H22N2O4S/c1-2-20(17,18)15-7-10-5-11(12(8-15)19-10)13(16)14-6-9-3-4-9/h9-12H,2-8H2,1H3,(H,14,16)/t10-,11+,12-/m0/s1. The largest absolute Gasteiger partial charge is 0.371 e. The number of carbonyl (C=O) groups is 1. The van der Waals surface area contributed by atoms with Crippen LogP contribution < -0.4 is 5.32 Å². The van der Waals surface area contributed by atoms with Crippen LogP contribution in [0.4, 0.5) is 0 Å². The van der Waals surface area contributed by atoms with E-state index < -0.39 is 10.0 Å². The molecule has 7 heteroatoms. The van der Waals surface area contributed by atoms with Crippen molar-refractivity contribution < 1.29 is 17.9 Å². The molecule has 0 radical (unpaired) electrons. The molecule has 3 fully saturated rings. The zero-order chi connectivity index (χ0) is 14.3. The molecule has 0 aromatic rings. The van der Waals surface area contributed by atoms with E-state index in [4.69, 9.17) is 4.74 Å². The fourth-order valence-electron chi connectivity index (χ4n) is 3.01. The zero-order valence-electron chi connectivity index (χ0n) is 11.7. The lowest BCUT2D eigenvalue weighted by Crippen LogP contribution is -2.48. The fraction of sp³-hybridized carbons (Fsp3) is 0.923. The molecule has 1 aliphatic carbocycles. The Kier molecular flexibility index (Phi) is 3.77. The van der Waals surface area contributed by atoms with Crippen LogP contribution in [0.5, 0.6) is 0 Å². The van der Waals surface area contributed by atoms with E-state index in [1.165, 1.54) is 17.1 Å². The average molecular weight is 302 g/mol. The number of rotatable bonds is 5. The number of amides is 1. The number of sulfonamides is 1. The molecule has 114 valence electrons. The Morgan fingerprint density at radius 3 is 2.75 bits per heavy atom. The lowest BCUT2D eigenvalue weighted by Gasteiger charge is -2.31. The summed E-state index contributed by atoms with van der Waals surface area (Å²) in [5.41, 5.74) is 0. The van der Waals surface area contributed by atoms with Crippen LogP contribution in [0.1, 0.15) is 26.2 Å². The second kappa shape index (κ2) is 5.27. The highest BCUT2D eigenvalue weighted by atomic mass is 32.2. The minimum atomic E-state index is -3.19. The number of nitrogens with one attached hydrogen (secondary N) is 1. The number of ether oxygens (including phenoxy) is 1. The van der Waals surface area contributed by atoms with E-state index in [2.05, 4.69) is 5.32 Å². The summed E-state index contributed by atoms with van der Waals surface area (Å²) < 4.78 is 31.1. The van der Waals surface area contributed by atoms with Crippen LogP contribution in [0, 0.1) is 11.8 Å². The predicted molar refractivity (Wildman–Crippen MR) is 73.5 cm³/mol. The van der Waals surface area contributed by atoms with E-state index in [9.17, 15) is 13.2 Å². The van der Waals surface area contributed by atoms with Gasteiger partial charge in [-0.1, -0.05) is 0 Å². The third-order valence-corrected chi connectivity index (χ3v) is 6.30. The van der Waals surface area contributed by atoms with Crippen LogP contribution >= 0.6 is 0 Å². The molecule has 0 unspecified atom stereocenters. The Morgan fingerprint density at radius 1 is 1.35 bits per heavy atom. The first-order valence-electron chi connectivity index (χ1n) is 7.40. The van der Waals surface area contributed by atoms with E-state index in [1.54, 1.807) is 6.92 Å². The highest BCUT2D eigenvalue weighted by Crippen LogP contribution is 2.34. The van der Waals surface area contributed by atoms with E-state index in [0.29, 0.717) is 25.4 Å². The van der Waals surface area contributed by atoms with Crippen LogP contribution in [0.25, 0.3) is 0 Å². The Hall–Kier alpha value is -0.660. The van der Waals surface area contributed by atoms with Gasteiger partial charge in [0.15, 0.2) is 0 Å². The smallest absolute Gasteiger partial charge is 0.225 e. The van der Waals surface area contributed by atoms with Gasteiger partial charge in [-0.25, -0.2) is 8.42 Å². The second-order valence-electron chi connectivity index (χ2n) is 6.04. The van der Waals surface area contributed by atoms with Crippen molar-refractivity contribution in [3.63, 3.8) is 0 Å². The lowest BCUT2D eigenvalue weighted by molar-refractivity contribution is -0.127. The molecular weight excluding hydrogens is 280 g/mol. The summed E-state index contributed by atoms with van der Waals surface area (Å²) in [6.45, 7) is 3.10. The van der Waals surface area contributed by atoms with Crippen LogP contribution in [0.2, 0.25) is 0 Å². The summed E-state index contributed by atoms with van der Waals surface area (Å²) in [5, 5.41) is 2.98. The van der Waals surface area contributed by atoms with Gasteiger partial charge >= 0.3 is 0 Å². The van der Waals surface area contributed by atoms with E-state index in [-0.39, 0.29) is 29.8 Å². The van der Waals surface area contributed by atoms with Gasteiger partial charge in [0.05, 0.1) is 23.9 Å². The molecule has 0 spiro atoms. The number of morpholine rings is 1. The minimum absolute atomic E-state index is 0.0279. The van der Waals surface area contributed by atoms with Crippen LogP contribution in [-0.4, -0.2) is 56.2 Å². The molecule has 1 amide bonds. The first-order chi connectivity index (χ1) is 9.49. The quantitative estimate of drug-likeness (QED) is 0.773. The molecule has 1 N–H and O–H groups in total. The SMILES string of the molecule is CCS(=O)(=O)N1C[C@@H]2C[C@@H](C(=O)NCC3CC3)[C@H](C1)O2. The van der Waals surface area contributed by atoms with Crippen LogP contribution in [0.15, 0.2) is 0 Å². The van der Waals surface area contributed by atoms with Gasteiger partial charge in [0, 0.05) is 19.6 Å². The summed E-state index contributed by atoms with van der Waals surface area (Å²) in [7, 11) is -3.19. The highest BCUT2D eigenvalue weighted by Gasteiger charge is 2.47. The second-order valence-corrected chi connectivity index (χ2v) is 8.30. The maximum absolute atomic E-state index is 12.2. The maximum atomic E-state index is 12.2. The van der Waals surface area contributed by atoms with Gasteiger partial charge in [0.2, 0.25) is 15.9 Å². The Morgan fingerprint density at radius 2 is 2.10 bits per heavy atom. The highest BCUT2D eigenvalue weighted by molar-refractivity contribution is 7.89. The fourth-order valence-corrected chi connectivity index (χ4v) is 4.14. The van der Waals surface area contributed by atoms with Gasteiger partial charge in [-0.15, -0.1) is 0 Å². The van der Waals surface area contributed by atoms with Gasteiger partial charge < -0.3 is 10.1 Å². The molecule has 2 bridgehead atoms. The van der Waals surface area contributed by atoms with E-state index >= 15 is 0 Å². The first-order valence-corrected chi connectivity index (χ1v) is 9.01. The van der Waals surface area contributed by atoms with Crippen molar-refractivity contribution in [2.45, 2.75) is 38.4 Å². The zero-order valence-corrected chi connectivity index (χ0v) is 12.6. The van der Waals surface area contributed by atoms with Crippen molar-refractivity contribution in [2.75, 3.05) is 25.4 Å². The molecule has 1 saturated carbocycles. The topological polar surface area (TPSA) is 75.7 Å². The number of hydrogen-bond donors (Lipinski definition) is 1. The molecule has 2 heterocycles. The Bertz CT molecular complexity index is 489. The molecule has 3 atom stereocenters. The van der Waals surface area contributed by atoms with Crippen molar-refractivity contribution in [2.24, 2.45) is 11.8 Å². The molecule has 20 heavy (non-hydrogen) atoms. The van der Waals surface area contributed by atoms with Crippen LogP contribution in [-0.2, 0) is 19.6 Å². The Balaban J connectivity index is 1.61. The van der Waals surface area contributed by atoms with Crippen molar-refractivity contribution >= 4 is 15.9 Å². The summed E-state index contributed by atoms with van der Waals surface area (Å²) in [6, 6.07) is 0. The summed E-state index contributed by atoms with van der Waals surface area (Å²) in [4.78, 5) is 12.2. The van der Waals surface area contributed by atoms with Crippen molar-refractivity contribution in [1.82, 2.24) is 9.62 Å². The van der Waals surface area contributed by atoms with Crippen LogP contribution in [0.3, 0.4) is 0 Å². The van der Waals surface area contributed by atoms with Crippen molar-refractivity contribution in [3.8, 4) is 0 Å². The van der Waals surface area contributed by atoms with Gasteiger partial charge in [-0.2, -0.15) is 4.31 Å². The molecule has 2 saturated heterocycles. The molecule has 0 aromatic heterocycles. The predicted octanol–water partition coefficient (Wildman–Crippen LogP) is -0.0484. The molecule has 0 aromatic carbocycles. The molecular formula is C13H22N2O4S. The number of nitrogens with zero attached hydrogens (tertiary/aromatic N) is 1. The van der Waals surface area contributed by atoms with Crippen molar-refractivity contribution in [3.05, 3.63) is 0 Å². The lowest BCUT2D eigenvalue weighted by atomic mass is 9.99. The Labute approximate surface area is 119 Å². The molecule has 6 nitrogen and oxygen atoms in total. The van der Waals surface area contributed by atoms with E-state index in [1.807, 2.05) is 0 Å². The third-order valence-electron chi connectivity index (χ3n) is 4.48. The first kappa shape index (κ1) is 14.3. The number of fused-ring (bicyclic) bond motifs is 2. The van der Waals surface area contributed by atoms with Gasteiger partial charge in [0.25, 0.3) is 0 Å². The number of hydrogen-bond acceptors (Lipinski definition) is 4. The molecule has 3 rings (SSSR count). The van der Waals surface area contributed by atoms with E-state index in [0.717, 1.165) is 6.54 Å². The number of carbonyl (C=O) groups excluding carboxylic acids is 1. The molecule has 3 aliphatic rings. The summed E-state index contributed by atoms with van der Waals surface area (Å²) >= 11 is 0. The van der Waals surface area contributed by atoms with Gasteiger partial charge in [-0.05, 0) is 32.1 Å². The monoisotopic (exact) mass is 302 g/mol. The normalized spacial score (nSPS) is 34.1.